The van der Waals surface area contributed by atoms with Gasteiger partial charge in [-0.25, -0.2) is 9.78 Å². The number of aromatic nitrogens is 2. The van der Waals surface area contributed by atoms with Crippen LogP contribution in [0.3, 0.4) is 0 Å². The Morgan fingerprint density at radius 3 is 2.14 bits per heavy atom. The van der Waals surface area contributed by atoms with Crippen LogP contribution in [-0.2, 0) is 39.9 Å². The van der Waals surface area contributed by atoms with E-state index in [1.54, 1.807) is 72.7 Å². The number of Topliss-reactive ketones (excluding diaryl/α,β-unsaturated/α-hetero) is 1. The van der Waals surface area contributed by atoms with E-state index >= 15 is 0 Å². The van der Waals surface area contributed by atoms with Crippen molar-refractivity contribution in [1.29, 1.82) is 0 Å². The highest BCUT2D eigenvalue weighted by Crippen LogP contribution is 2.42. The van der Waals surface area contributed by atoms with Crippen LogP contribution in [0.15, 0.2) is 48.9 Å². The molecule has 1 aliphatic carbocycles. The van der Waals surface area contributed by atoms with Crippen molar-refractivity contribution >= 4 is 41.3 Å². The Labute approximate surface area is 335 Å². The van der Waals surface area contributed by atoms with Gasteiger partial charge in [-0.2, -0.15) is 0 Å². The van der Waals surface area contributed by atoms with E-state index in [1.165, 1.54) is 23.5 Å². The Balaban J connectivity index is 1.52. The Kier molecular flexibility index (Phi) is 15.4. The molecule has 2 unspecified atom stereocenters. The molecule has 5 amide bonds. The summed E-state index contributed by atoms with van der Waals surface area (Å²) in [5.41, 5.74) is -0.0554. The molecule has 7 atom stereocenters. The lowest BCUT2D eigenvalue weighted by molar-refractivity contribution is -0.159. The molecule has 0 bridgehead atoms. The molecule has 1 aromatic heterocycles. The molecule has 1 saturated carbocycles. The van der Waals surface area contributed by atoms with Crippen LogP contribution in [0.5, 0.6) is 0 Å². The third-order valence-electron chi connectivity index (χ3n) is 10.4. The Morgan fingerprint density at radius 1 is 0.860 bits per heavy atom. The van der Waals surface area contributed by atoms with E-state index in [9.17, 15) is 33.6 Å². The van der Waals surface area contributed by atoms with E-state index < -0.39 is 77.1 Å². The van der Waals surface area contributed by atoms with Crippen molar-refractivity contribution in [2.45, 2.75) is 130 Å². The van der Waals surface area contributed by atoms with Gasteiger partial charge in [0, 0.05) is 25.4 Å². The zero-order chi connectivity index (χ0) is 42.0. The summed E-state index contributed by atoms with van der Waals surface area (Å²) >= 11 is 0. The van der Waals surface area contributed by atoms with E-state index in [0.717, 1.165) is 18.4 Å². The molecule has 2 fully saturated rings. The van der Waals surface area contributed by atoms with E-state index in [2.05, 4.69) is 31.2 Å². The van der Waals surface area contributed by atoms with Crippen molar-refractivity contribution in [2.75, 3.05) is 6.54 Å². The first kappa shape index (κ1) is 44.5. The standard InChI is InChI=1S/C42H59N7O8/c1-9-14-29(35(50)39(54)46-30(41(56)57-42(6,7)8)21-26-15-11-10-12-16-26)45-38(53)34-28-18-13-17-27(28)23-49(34)40(55)33(25(4)5)48-37(52)32(24(2)3)47-36(51)31-22-43-19-20-44-31/h10-12,15-16,19-20,22,24-25,27-30,32-34H,9,13-14,17-18,21,23H2,1-8H3,(H,45,53)(H,46,54)(H,47,51)(H,48,52)/t27-,28-,29?,30+,32+,33+,34?/m1/s1. The maximum Gasteiger partial charge on any atom is 0.329 e. The smallest absolute Gasteiger partial charge is 0.329 e. The van der Waals surface area contributed by atoms with Gasteiger partial charge in [-0.05, 0) is 69.3 Å². The van der Waals surface area contributed by atoms with Crippen molar-refractivity contribution in [2.24, 2.45) is 23.7 Å². The van der Waals surface area contributed by atoms with Gasteiger partial charge in [-0.1, -0.05) is 77.8 Å². The lowest BCUT2D eigenvalue weighted by atomic mass is 9.92. The summed E-state index contributed by atoms with van der Waals surface area (Å²) in [5.74, 6) is -5.68. The second-order valence-electron chi connectivity index (χ2n) is 16.8. The SMILES string of the molecule is CCCC(NC(=O)C1[C@@H]2CCC[C@@H]2CN1C(=O)[C@@H](NC(=O)[C@@H](NC(=O)c1cnccn1)C(C)C)C(C)C)C(=O)C(=O)N[C@@H](Cc1ccccc1)C(=O)OC(C)(C)C. The van der Waals surface area contributed by atoms with Crippen molar-refractivity contribution in [1.82, 2.24) is 36.1 Å². The van der Waals surface area contributed by atoms with Crippen LogP contribution in [-0.4, -0.2) is 98.5 Å². The second-order valence-corrected chi connectivity index (χ2v) is 16.8. The summed E-state index contributed by atoms with van der Waals surface area (Å²) in [6.45, 7) is 14.3. The molecule has 2 heterocycles. The van der Waals surface area contributed by atoms with Crippen molar-refractivity contribution in [3.63, 3.8) is 0 Å². The Bertz CT molecular complexity index is 1750. The lowest BCUT2D eigenvalue weighted by Crippen LogP contribution is -2.60. The van der Waals surface area contributed by atoms with Gasteiger partial charge >= 0.3 is 5.97 Å². The van der Waals surface area contributed by atoms with Gasteiger partial charge < -0.3 is 30.9 Å². The summed E-state index contributed by atoms with van der Waals surface area (Å²) in [4.78, 5) is 105. The number of amides is 5. The first-order valence-corrected chi connectivity index (χ1v) is 20.0. The highest BCUT2D eigenvalue weighted by molar-refractivity contribution is 6.38. The number of nitrogens with zero attached hydrogens (tertiary/aromatic N) is 3. The molecule has 0 radical (unpaired) electrons. The van der Waals surface area contributed by atoms with Crippen LogP contribution in [0, 0.1) is 23.7 Å². The number of hydrogen-bond acceptors (Lipinski definition) is 10. The van der Waals surface area contributed by atoms with Crippen molar-refractivity contribution in [3.05, 3.63) is 60.2 Å². The van der Waals surface area contributed by atoms with Crippen molar-refractivity contribution in [3.8, 4) is 0 Å². The van der Waals surface area contributed by atoms with Crippen LogP contribution < -0.4 is 21.3 Å². The fourth-order valence-electron chi connectivity index (χ4n) is 7.59. The number of nitrogens with one attached hydrogen (secondary N) is 4. The van der Waals surface area contributed by atoms with Gasteiger partial charge in [0.05, 0.1) is 12.2 Å². The molecular formula is C42H59N7O8. The van der Waals surface area contributed by atoms with Gasteiger partial charge in [-0.3, -0.25) is 33.8 Å². The quantitative estimate of drug-likeness (QED) is 0.136. The number of rotatable bonds is 17. The molecule has 2 aromatic rings. The Hall–Kier alpha value is -5.21. The zero-order valence-electron chi connectivity index (χ0n) is 34.4. The molecule has 1 aliphatic heterocycles. The zero-order valence-corrected chi connectivity index (χ0v) is 34.4. The van der Waals surface area contributed by atoms with Gasteiger partial charge in [0.25, 0.3) is 11.8 Å². The molecule has 0 spiro atoms. The largest absolute Gasteiger partial charge is 0.458 e. The van der Waals surface area contributed by atoms with Crippen molar-refractivity contribution < 1.29 is 38.3 Å². The first-order chi connectivity index (χ1) is 26.9. The van der Waals surface area contributed by atoms with Gasteiger partial charge in [-0.15, -0.1) is 0 Å². The third-order valence-corrected chi connectivity index (χ3v) is 10.4. The molecule has 15 heteroatoms. The maximum absolute atomic E-state index is 14.4. The average molecular weight is 790 g/mol. The minimum atomic E-state index is -1.22. The summed E-state index contributed by atoms with van der Waals surface area (Å²) in [6, 6.07) is 3.67. The number of hydrogen-bond donors (Lipinski definition) is 4. The van der Waals surface area contributed by atoms with E-state index in [4.69, 9.17) is 4.74 Å². The van der Waals surface area contributed by atoms with Crippen LogP contribution in [0.25, 0.3) is 0 Å². The number of ketones is 1. The minimum absolute atomic E-state index is 0.0391. The average Bonchev–Trinajstić information content (AvgIpc) is 3.76. The van der Waals surface area contributed by atoms with Crippen LogP contribution in [0.2, 0.25) is 0 Å². The number of likely N-dealkylation sites (tertiary alicyclic amines) is 1. The number of ether oxygens (including phenoxy) is 1. The fourth-order valence-corrected chi connectivity index (χ4v) is 7.59. The molecule has 4 rings (SSSR count). The summed E-state index contributed by atoms with van der Waals surface area (Å²) in [6.07, 6.45) is 7.15. The normalized spacial score (nSPS) is 19.8. The summed E-state index contributed by atoms with van der Waals surface area (Å²) in [5, 5.41) is 10.9. The molecule has 310 valence electrons. The molecule has 1 aromatic carbocycles. The summed E-state index contributed by atoms with van der Waals surface area (Å²) in [7, 11) is 0. The highest BCUT2D eigenvalue weighted by atomic mass is 16.6. The molecule has 15 nitrogen and oxygen atoms in total. The Morgan fingerprint density at radius 2 is 1.54 bits per heavy atom. The molecule has 4 N–H and O–H groups in total. The monoisotopic (exact) mass is 789 g/mol. The van der Waals surface area contributed by atoms with Gasteiger partial charge in [0.1, 0.15) is 35.5 Å². The maximum atomic E-state index is 14.4. The van der Waals surface area contributed by atoms with Crippen LogP contribution in [0.1, 0.15) is 104 Å². The topological polar surface area (TPSA) is 206 Å². The van der Waals surface area contributed by atoms with E-state index in [0.29, 0.717) is 19.4 Å². The van der Waals surface area contributed by atoms with Crippen LogP contribution >= 0.6 is 0 Å². The molecule has 57 heavy (non-hydrogen) atoms. The first-order valence-electron chi connectivity index (χ1n) is 20.0. The highest BCUT2D eigenvalue weighted by Gasteiger charge is 2.51. The van der Waals surface area contributed by atoms with Gasteiger partial charge in [0.15, 0.2) is 0 Å². The van der Waals surface area contributed by atoms with E-state index in [-0.39, 0.29) is 42.2 Å². The molecule has 1 saturated heterocycles. The number of fused-ring (bicyclic) bond motifs is 1. The molecule has 2 aliphatic rings. The number of carbonyl (C=O) groups is 7. The third kappa shape index (κ3) is 11.9. The minimum Gasteiger partial charge on any atom is -0.458 e. The van der Waals surface area contributed by atoms with E-state index in [1.807, 2.05) is 13.0 Å². The second kappa shape index (κ2) is 19.8. The lowest BCUT2D eigenvalue weighted by Gasteiger charge is -2.34. The van der Waals surface area contributed by atoms with Crippen LogP contribution in [0.4, 0.5) is 0 Å². The van der Waals surface area contributed by atoms with Gasteiger partial charge in [0.2, 0.25) is 23.5 Å². The number of benzene rings is 1. The fraction of sp³-hybridized carbons (Fsp3) is 0.595. The number of carbonyl (C=O) groups excluding carboxylic acids is 7. The predicted molar refractivity (Wildman–Crippen MR) is 211 cm³/mol. The summed E-state index contributed by atoms with van der Waals surface area (Å²) < 4.78 is 5.57. The predicted octanol–water partition coefficient (Wildman–Crippen LogP) is 2.92. The number of esters is 1. The molecular weight excluding hydrogens is 731 g/mol.